The van der Waals surface area contributed by atoms with Crippen LogP contribution in [0.5, 0.6) is 0 Å². The third kappa shape index (κ3) is 9.55. The third-order valence-corrected chi connectivity index (χ3v) is 8.63. The van der Waals surface area contributed by atoms with Crippen molar-refractivity contribution < 1.29 is 19.1 Å². The summed E-state index contributed by atoms with van der Waals surface area (Å²) >= 11 is 0. The van der Waals surface area contributed by atoms with E-state index in [2.05, 4.69) is 32.6 Å². The van der Waals surface area contributed by atoms with Crippen LogP contribution in [0.1, 0.15) is 24.0 Å². The normalized spacial score (nSPS) is 16.1. The van der Waals surface area contributed by atoms with Crippen molar-refractivity contribution in [2.75, 3.05) is 71.8 Å². The molecule has 5 rings (SSSR count). The van der Waals surface area contributed by atoms with Crippen LogP contribution >= 0.6 is 0 Å². The molecule has 0 aromatic heterocycles. The molecule has 3 aromatic rings. The first-order chi connectivity index (χ1) is 22.3. The van der Waals surface area contributed by atoms with E-state index in [0.717, 1.165) is 87.6 Å². The van der Waals surface area contributed by atoms with Crippen LogP contribution in [0.15, 0.2) is 78.9 Å². The zero-order valence-electron chi connectivity index (χ0n) is 27.0. The molecule has 0 aliphatic carbocycles. The number of piperazine rings is 1. The number of nitrogens with zero attached hydrogens (tertiary/aromatic N) is 4. The average molecular weight is 627 g/mol. The first-order valence-electron chi connectivity index (χ1n) is 16.2. The highest BCUT2D eigenvalue weighted by molar-refractivity contribution is 5.91. The van der Waals surface area contributed by atoms with Crippen LogP contribution in [-0.2, 0) is 22.5 Å². The van der Waals surface area contributed by atoms with E-state index in [1.54, 1.807) is 19.0 Å². The molecule has 10 heteroatoms. The minimum absolute atomic E-state index is 0.0140. The highest BCUT2D eigenvalue weighted by Crippen LogP contribution is 2.28. The second kappa shape index (κ2) is 16.2. The van der Waals surface area contributed by atoms with Gasteiger partial charge < -0.3 is 24.8 Å². The molecule has 4 amide bonds. The van der Waals surface area contributed by atoms with Crippen molar-refractivity contribution in [2.45, 2.75) is 31.9 Å². The number of hydrogen-bond donors (Lipinski definition) is 2. The van der Waals surface area contributed by atoms with E-state index in [1.165, 1.54) is 5.56 Å². The maximum atomic E-state index is 12.7. The minimum atomic E-state index is -0.432. The molecule has 0 saturated carbocycles. The van der Waals surface area contributed by atoms with Crippen molar-refractivity contribution in [2.24, 2.45) is 0 Å². The number of benzene rings is 3. The second-order valence-electron chi connectivity index (χ2n) is 12.3. The van der Waals surface area contributed by atoms with Gasteiger partial charge in [0.25, 0.3) is 0 Å². The molecular formula is C36H46N6O4. The third-order valence-electron chi connectivity index (χ3n) is 8.63. The van der Waals surface area contributed by atoms with Crippen molar-refractivity contribution in [3.63, 3.8) is 0 Å². The van der Waals surface area contributed by atoms with Crippen LogP contribution in [0, 0.1) is 0 Å². The molecule has 0 bridgehead atoms. The summed E-state index contributed by atoms with van der Waals surface area (Å²) in [6, 6.07) is 26.0. The number of piperidine rings is 1. The van der Waals surface area contributed by atoms with Gasteiger partial charge in [-0.2, -0.15) is 0 Å². The van der Waals surface area contributed by atoms with E-state index in [4.69, 9.17) is 4.74 Å². The number of urea groups is 1. The minimum Gasteiger partial charge on any atom is -0.446 e. The van der Waals surface area contributed by atoms with E-state index in [0.29, 0.717) is 13.0 Å². The Morgan fingerprint density at radius 3 is 2.13 bits per heavy atom. The highest BCUT2D eigenvalue weighted by Gasteiger charge is 2.24. The summed E-state index contributed by atoms with van der Waals surface area (Å²) in [6.45, 7) is 7.01. The van der Waals surface area contributed by atoms with Gasteiger partial charge in [0.2, 0.25) is 5.91 Å². The van der Waals surface area contributed by atoms with Gasteiger partial charge in [-0.15, -0.1) is 0 Å². The summed E-state index contributed by atoms with van der Waals surface area (Å²) in [6.07, 6.45) is 1.31. The molecule has 0 radical (unpaired) electrons. The lowest BCUT2D eigenvalue weighted by Gasteiger charge is -2.36. The maximum Gasteiger partial charge on any atom is 0.411 e. The second-order valence-corrected chi connectivity index (χ2v) is 12.3. The van der Waals surface area contributed by atoms with E-state index in [1.807, 2.05) is 71.6 Å². The molecule has 2 heterocycles. The molecule has 0 unspecified atom stereocenters. The van der Waals surface area contributed by atoms with E-state index >= 15 is 0 Å². The van der Waals surface area contributed by atoms with Gasteiger partial charge >= 0.3 is 12.1 Å². The van der Waals surface area contributed by atoms with E-state index < -0.39 is 6.09 Å². The van der Waals surface area contributed by atoms with Crippen LogP contribution in [0.25, 0.3) is 11.1 Å². The molecule has 2 saturated heterocycles. The molecule has 244 valence electrons. The summed E-state index contributed by atoms with van der Waals surface area (Å²) in [5, 5.41) is 5.98. The van der Waals surface area contributed by atoms with Gasteiger partial charge in [0.05, 0.1) is 12.1 Å². The SMILES string of the molecule is CN(C)C(=O)N1CCN(Cc2ccc(CC(=O)NCCN3CCC(OC(=O)Nc4ccccc4-c4ccccc4)CC3)cc2)CC1. The monoisotopic (exact) mass is 626 g/mol. The zero-order valence-corrected chi connectivity index (χ0v) is 27.0. The van der Waals surface area contributed by atoms with Gasteiger partial charge in [0.15, 0.2) is 0 Å². The van der Waals surface area contributed by atoms with E-state index in [-0.39, 0.29) is 18.0 Å². The number of carbonyl (C=O) groups is 3. The summed E-state index contributed by atoms with van der Waals surface area (Å²) in [4.78, 5) is 45.6. The predicted molar refractivity (Wildman–Crippen MR) is 181 cm³/mol. The zero-order chi connectivity index (χ0) is 32.3. The molecule has 2 fully saturated rings. The Morgan fingerprint density at radius 1 is 0.783 bits per heavy atom. The Morgan fingerprint density at radius 2 is 1.43 bits per heavy atom. The topological polar surface area (TPSA) is 97.5 Å². The largest absolute Gasteiger partial charge is 0.446 e. The van der Waals surface area contributed by atoms with Crippen molar-refractivity contribution in [3.8, 4) is 11.1 Å². The first kappa shape index (κ1) is 33.0. The average Bonchev–Trinajstić information content (AvgIpc) is 3.07. The van der Waals surface area contributed by atoms with Gasteiger partial charge in [-0.05, 0) is 35.6 Å². The number of anilines is 1. The number of likely N-dealkylation sites (tertiary alicyclic amines) is 1. The van der Waals surface area contributed by atoms with Crippen molar-refractivity contribution in [3.05, 3.63) is 90.0 Å². The lowest BCUT2D eigenvalue weighted by molar-refractivity contribution is -0.120. The smallest absolute Gasteiger partial charge is 0.411 e. The van der Waals surface area contributed by atoms with Crippen LogP contribution in [0.2, 0.25) is 0 Å². The Kier molecular flexibility index (Phi) is 11.6. The van der Waals surface area contributed by atoms with Gasteiger partial charge in [0.1, 0.15) is 6.10 Å². The summed E-state index contributed by atoms with van der Waals surface area (Å²) < 4.78 is 5.75. The first-order valence-corrected chi connectivity index (χ1v) is 16.2. The fourth-order valence-electron chi connectivity index (χ4n) is 6.01. The number of para-hydroxylation sites is 1. The number of carbonyl (C=O) groups excluding carboxylic acids is 3. The number of rotatable bonds is 10. The molecule has 10 nitrogen and oxygen atoms in total. The Hall–Kier alpha value is -4.41. The van der Waals surface area contributed by atoms with Crippen LogP contribution in [0.3, 0.4) is 0 Å². The van der Waals surface area contributed by atoms with Crippen molar-refractivity contribution in [1.82, 2.24) is 24.9 Å². The number of nitrogens with one attached hydrogen (secondary N) is 2. The highest BCUT2D eigenvalue weighted by atomic mass is 16.6. The van der Waals surface area contributed by atoms with Crippen LogP contribution in [-0.4, -0.2) is 110 Å². The van der Waals surface area contributed by atoms with Gasteiger partial charge in [0, 0.05) is 78.6 Å². The van der Waals surface area contributed by atoms with Crippen LogP contribution < -0.4 is 10.6 Å². The maximum absolute atomic E-state index is 12.7. The van der Waals surface area contributed by atoms with Crippen molar-refractivity contribution in [1.29, 1.82) is 0 Å². The Balaban J connectivity index is 0.956. The van der Waals surface area contributed by atoms with Crippen LogP contribution in [0.4, 0.5) is 15.3 Å². The quantitative estimate of drug-likeness (QED) is 0.344. The van der Waals surface area contributed by atoms with Gasteiger partial charge in [-0.1, -0.05) is 72.8 Å². The molecule has 2 N–H and O–H groups in total. The number of ether oxygens (including phenoxy) is 1. The summed E-state index contributed by atoms with van der Waals surface area (Å²) in [5.41, 5.74) is 4.92. The molecule has 0 atom stereocenters. The fourth-order valence-corrected chi connectivity index (χ4v) is 6.01. The molecule has 2 aliphatic heterocycles. The van der Waals surface area contributed by atoms with Gasteiger partial charge in [-0.3, -0.25) is 15.0 Å². The lowest BCUT2D eigenvalue weighted by Crippen LogP contribution is -2.51. The lowest BCUT2D eigenvalue weighted by atomic mass is 10.0. The Labute approximate surface area is 272 Å². The molecular weight excluding hydrogens is 580 g/mol. The summed E-state index contributed by atoms with van der Waals surface area (Å²) in [7, 11) is 3.57. The fraction of sp³-hybridized carbons (Fsp3) is 0.417. The molecule has 46 heavy (non-hydrogen) atoms. The number of amides is 4. The standard InChI is InChI=1S/C36H46N6O4/c1-39(2)36(45)42-24-22-41(23-25-42)27-29-14-12-28(13-15-29)26-34(43)37-18-21-40-19-16-31(17-20-40)46-35(44)38-33-11-7-6-10-32(33)30-8-4-3-5-9-30/h3-15,31H,16-27H2,1-2H3,(H,37,43)(H,38,44). The summed E-state index contributed by atoms with van der Waals surface area (Å²) in [5.74, 6) is 0.0140. The Bertz CT molecular complexity index is 1430. The molecule has 3 aromatic carbocycles. The molecule has 2 aliphatic rings. The predicted octanol–water partition coefficient (Wildman–Crippen LogP) is 4.52. The van der Waals surface area contributed by atoms with Gasteiger partial charge in [-0.25, -0.2) is 9.59 Å². The van der Waals surface area contributed by atoms with E-state index in [9.17, 15) is 14.4 Å². The van der Waals surface area contributed by atoms with Crippen molar-refractivity contribution >= 4 is 23.7 Å². The number of hydrogen-bond acceptors (Lipinski definition) is 6. The molecule has 0 spiro atoms.